The van der Waals surface area contributed by atoms with E-state index in [0.29, 0.717) is 37.3 Å². The van der Waals surface area contributed by atoms with E-state index in [0.717, 1.165) is 35.4 Å². The Bertz CT molecular complexity index is 2160. The fourth-order valence-corrected chi connectivity index (χ4v) is 12.7. The van der Waals surface area contributed by atoms with Crippen LogP contribution in [0.5, 0.6) is 5.75 Å². The smallest absolute Gasteiger partial charge is 0.230 e. The molecule has 3 heterocycles. The lowest BCUT2D eigenvalue weighted by Gasteiger charge is -2.60. The predicted molar refractivity (Wildman–Crippen MR) is 214 cm³/mol. The lowest BCUT2D eigenvalue weighted by molar-refractivity contribution is -0.355. The molecule has 2 aromatic rings. The minimum Gasteiger partial charge on any atom is -0.511 e. The lowest BCUT2D eigenvalue weighted by atomic mass is 9.54. The second-order valence-electron chi connectivity index (χ2n) is 16.2. The fourth-order valence-electron chi connectivity index (χ4n) is 10.4. The van der Waals surface area contributed by atoms with E-state index in [1.54, 1.807) is 36.4 Å². The number of aliphatic hydroxyl groups is 6. The van der Waals surface area contributed by atoms with Crippen molar-refractivity contribution in [3.8, 4) is 5.75 Å². The molecule has 300 valence electrons. The van der Waals surface area contributed by atoms with E-state index in [2.05, 4.69) is 16.7 Å². The molecule has 2 fully saturated rings. The summed E-state index contributed by atoms with van der Waals surface area (Å²) in [6.07, 6.45) is 8.80. The summed E-state index contributed by atoms with van der Waals surface area (Å²) in [6, 6.07) is 12.0. The molecule has 8 atom stereocenters. The van der Waals surface area contributed by atoms with Gasteiger partial charge in [0, 0.05) is 29.2 Å². The molecule has 4 aliphatic carbocycles. The van der Waals surface area contributed by atoms with Crippen molar-refractivity contribution in [2.45, 2.75) is 68.4 Å². The third-order valence-corrected chi connectivity index (χ3v) is 15.5. The first-order valence-corrected chi connectivity index (χ1v) is 21.9. The van der Waals surface area contributed by atoms with Crippen LogP contribution < -0.4 is 15.4 Å². The minimum absolute atomic E-state index is 0.0316. The molecule has 1 saturated heterocycles. The van der Waals surface area contributed by atoms with Gasteiger partial charge in [0.1, 0.15) is 40.3 Å². The standard InChI is InChI=1S/C43H46N2O10S2/c46-20-25-6-3-5-24(15-25)16-26-17-29-35(49)28-7-4-8-30-34(28)36(50)42(29,32(48)18-26)22-56-57-23-45-33-19-27(10-14-44-33)40(11-1-2-12-40)31-9-13-41(21-47)39(52)43(31,53)37(51)38(54-30)55-41/h3-10,13,15,17-19,29,31,37-39,44-48,51-53H,1-2,11-12,14,16,20-23H2/t29-,31-,37+,38-,39-,41-,42+,43-/m1/s1. The molecule has 2 aromatic carbocycles. The molecule has 2 spiro atoms. The largest absolute Gasteiger partial charge is 0.511 e. The van der Waals surface area contributed by atoms with E-state index in [1.165, 1.54) is 33.7 Å². The zero-order valence-corrected chi connectivity index (χ0v) is 32.7. The summed E-state index contributed by atoms with van der Waals surface area (Å²) in [7, 11) is 2.80. The van der Waals surface area contributed by atoms with Crippen molar-refractivity contribution in [1.29, 1.82) is 0 Å². The molecule has 1 saturated carbocycles. The molecule has 57 heavy (non-hydrogen) atoms. The summed E-state index contributed by atoms with van der Waals surface area (Å²) >= 11 is 0. The van der Waals surface area contributed by atoms with Crippen LogP contribution in [0.4, 0.5) is 0 Å². The number of ketones is 2. The van der Waals surface area contributed by atoms with Crippen LogP contribution in [0.15, 0.2) is 102 Å². The first-order chi connectivity index (χ1) is 27.5. The third kappa shape index (κ3) is 5.81. The number of nitrogens with one attached hydrogen (secondary N) is 2. The number of fused-ring (bicyclic) bond motifs is 5. The minimum atomic E-state index is -2.28. The highest BCUT2D eigenvalue weighted by Crippen LogP contribution is 2.60. The van der Waals surface area contributed by atoms with Crippen molar-refractivity contribution in [2.24, 2.45) is 22.7 Å². The topological polar surface area (TPSA) is 198 Å². The number of hydrogen-bond acceptors (Lipinski definition) is 14. The van der Waals surface area contributed by atoms with Gasteiger partial charge in [-0.25, -0.2) is 0 Å². The van der Waals surface area contributed by atoms with Crippen LogP contribution >= 0.6 is 21.6 Å². The number of Topliss-reactive ketones (excluding diaryl/α,β-unsaturated/α-hetero) is 2. The van der Waals surface area contributed by atoms with E-state index >= 15 is 4.79 Å². The van der Waals surface area contributed by atoms with Gasteiger partial charge < -0.3 is 50.7 Å². The number of allylic oxidation sites excluding steroid dienone is 6. The highest BCUT2D eigenvalue weighted by molar-refractivity contribution is 8.76. The molecular formula is C43H46N2O10S2. The Morgan fingerprint density at radius 1 is 0.965 bits per heavy atom. The SMILES string of the molecule is O=C1c2cccc3c2C(=O)[C@]2(CSSCNC4=CC(=CCN4)C4(CCCC4)[C@H]4C=C[C@]5(CO)O[C@@H](O3)[C@H](O)[C@@]4(O)[C@@H]5O)C(O)=CC(Cc3cccc(CO)c3)=C[C@H]12. The van der Waals surface area contributed by atoms with Gasteiger partial charge in [0.05, 0.1) is 36.4 Å². The molecule has 3 aliphatic heterocycles. The number of ether oxygens (including phenoxy) is 2. The Kier molecular flexibility index (Phi) is 9.80. The van der Waals surface area contributed by atoms with Crippen LogP contribution in [0.25, 0.3) is 0 Å². The molecule has 0 aromatic heterocycles. The number of dihydropyridines is 1. The summed E-state index contributed by atoms with van der Waals surface area (Å²) in [5, 5.41) is 76.4. The summed E-state index contributed by atoms with van der Waals surface area (Å²) in [5.74, 6) is -2.03. The highest BCUT2D eigenvalue weighted by Gasteiger charge is 2.70. The van der Waals surface area contributed by atoms with E-state index in [9.17, 15) is 35.4 Å². The molecule has 9 rings (SSSR count). The van der Waals surface area contributed by atoms with E-state index in [-0.39, 0.29) is 35.0 Å². The van der Waals surface area contributed by atoms with Gasteiger partial charge in [0.15, 0.2) is 11.6 Å². The Morgan fingerprint density at radius 3 is 2.54 bits per heavy atom. The van der Waals surface area contributed by atoms with Gasteiger partial charge in [-0.05, 0) is 59.8 Å². The monoisotopic (exact) mass is 814 g/mol. The Hall–Kier alpha value is -3.86. The van der Waals surface area contributed by atoms with E-state index in [1.807, 2.05) is 24.3 Å². The molecule has 0 amide bonds. The Balaban J connectivity index is 1.17. The quantitative estimate of drug-likeness (QED) is 0.164. The number of aliphatic hydroxyl groups excluding tert-OH is 5. The van der Waals surface area contributed by atoms with Crippen molar-refractivity contribution < 1.29 is 49.7 Å². The summed E-state index contributed by atoms with van der Waals surface area (Å²) < 4.78 is 12.6. The summed E-state index contributed by atoms with van der Waals surface area (Å²) in [4.78, 5) is 29.9. The maximum Gasteiger partial charge on any atom is 0.230 e. The van der Waals surface area contributed by atoms with Gasteiger partial charge >= 0.3 is 0 Å². The fraction of sp³-hybridized carbons (Fsp3) is 0.442. The average molecular weight is 815 g/mol. The Morgan fingerprint density at radius 2 is 1.75 bits per heavy atom. The van der Waals surface area contributed by atoms with Crippen LogP contribution in [0.3, 0.4) is 0 Å². The maximum absolute atomic E-state index is 15.2. The number of hydrogen-bond donors (Lipinski definition) is 8. The number of carbonyl (C=O) groups excluding carboxylic acids is 2. The Labute approximate surface area is 337 Å². The average Bonchev–Trinajstić information content (AvgIpc) is 3.72. The molecule has 12 nitrogen and oxygen atoms in total. The first kappa shape index (κ1) is 38.6. The van der Waals surface area contributed by atoms with Crippen LogP contribution in [-0.2, 0) is 17.8 Å². The zero-order valence-electron chi connectivity index (χ0n) is 31.1. The maximum atomic E-state index is 15.2. The number of carbonyl (C=O) groups is 2. The second-order valence-corrected chi connectivity index (χ2v) is 18.7. The van der Waals surface area contributed by atoms with Gasteiger partial charge in [0.2, 0.25) is 6.29 Å². The van der Waals surface area contributed by atoms with Crippen molar-refractivity contribution in [3.63, 3.8) is 0 Å². The van der Waals surface area contributed by atoms with Crippen LogP contribution in [-0.4, -0.2) is 96.7 Å². The van der Waals surface area contributed by atoms with Crippen molar-refractivity contribution in [2.75, 3.05) is 24.8 Å². The van der Waals surface area contributed by atoms with Crippen molar-refractivity contribution >= 4 is 33.2 Å². The van der Waals surface area contributed by atoms with Gasteiger partial charge in [-0.3, -0.25) is 9.59 Å². The molecular weight excluding hydrogens is 769 g/mol. The van der Waals surface area contributed by atoms with Crippen molar-refractivity contribution in [3.05, 3.63) is 124 Å². The lowest BCUT2D eigenvalue weighted by Crippen LogP contribution is -2.78. The van der Waals surface area contributed by atoms with E-state index in [4.69, 9.17) is 9.47 Å². The molecule has 8 N–H and O–H groups in total. The summed E-state index contributed by atoms with van der Waals surface area (Å²) in [6.45, 7) is -0.382. The van der Waals surface area contributed by atoms with E-state index < -0.39 is 70.5 Å². The van der Waals surface area contributed by atoms with Gasteiger partial charge in [-0.15, -0.1) is 0 Å². The van der Waals surface area contributed by atoms with Crippen LogP contribution in [0.1, 0.15) is 57.5 Å². The second kappa shape index (κ2) is 14.5. The van der Waals surface area contributed by atoms with Gasteiger partial charge in [-0.2, -0.15) is 0 Å². The first-order valence-electron chi connectivity index (χ1n) is 19.4. The van der Waals surface area contributed by atoms with Gasteiger partial charge in [-0.1, -0.05) is 95.1 Å². The number of rotatable bonds is 4. The van der Waals surface area contributed by atoms with Gasteiger partial charge in [0.25, 0.3) is 0 Å². The van der Waals surface area contributed by atoms with Crippen LogP contribution in [0, 0.1) is 22.7 Å². The molecule has 7 aliphatic rings. The molecule has 0 unspecified atom stereocenters. The molecule has 7 bridgehead atoms. The predicted octanol–water partition coefficient (Wildman–Crippen LogP) is 3.76. The van der Waals surface area contributed by atoms with Crippen molar-refractivity contribution in [1.82, 2.24) is 10.6 Å². The number of benzene rings is 2. The molecule has 0 radical (unpaired) electrons. The third-order valence-electron chi connectivity index (χ3n) is 13.3. The van der Waals surface area contributed by atoms with Crippen LogP contribution in [0.2, 0.25) is 0 Å². The zero-order chi connectivity index (χ0) is 39.7. The normalized spacial score (nSPS) is 35.4. The highest BCUT2D eigenvalue weighted by atomic mass is 33.1. The summed E-state index contributed by atoms with van der Waals surface area (Å²) in [5.41, 5.74) is -3.38. The molecule has 14 heteroatoms.